The lowest BCUT2D eigenvalue weighted by Gasteiger charge is -1.97. The van der Waals surface area contributed by atoms with Crippen molar-refractivity contribution in [2.45, 2.75) is 11.4 Å². The van der Waals surface area contributed by atoms with E-state index >= 15 is 0 Å². The summed E-state index contributed by atoms with van der Waals surface area (Å²) in [7, 11) is 1.59. The van der Waals surface area contributed by atoms with Crippen LogP contribution in [0.4, 0.5) is 0 Å². The number of hydrogen-bond donors (Lipinski definition) is 2. The van der Waals surface area contributed by atoms with Crippen molar-refractivity contribution in [3.8, 4) is 0 Å². The second-order valence-corrected chi connectivity index (χ2v) is 2.59. The second kappa shape index (κ2) is 3.43. The molecule has 0 saturated heterocycles. The van der Waals surface area contributed by atoms with Crippen LogP contribution in [0.3, 0.4) is 0 Å². The zero-order chi connectivity index (χ0) is 8.27. The van der Waals surface area contributed by atoms with Gasteiger partial charge in [-0.05, 0) is 0 Å². The first-order valence-electron chi connectivity index (χ1n) is 3.14. The van der Waals surface area contributed by atoms with Crippen molar-refractivity contribution in [1.82, 2.24) is 15.1 Å². The number of hydrogen-bond acceptors (Lipinski definition) is 3. The van der Waals surface area contributed by atoms with Crippen LogP contribution < -0.4 is 5.32 Å². The van der Waals surface area contributed by atoms with E-state index in [1.54, 1.807) is 19.4 Å². The summed E-state index contributed by atoms with van der Waals surface area (Å²) in [6.07, 6.45) is 3.28. The van der Waals surface area contributed by atoms with Crippen molar-refractivity contribution in [2.75, 3.05) is 7.05 Å². The molecule has 11 heavy (non-hydrogen) atoms. The molecule has 1 amide bonds. The molecule has 1 heterocycles. The Balaban J connectivity index is 2.57. The molecular formula is C6H9N3OS. The van der Waals surface area contributed by atoms with E-state index in [0.717, 1.165) is 4.90 Å². The first-order valence-corrected chi connectivity index (χ1v) is 3.59. The smallest absolute Gasteiger partial charge is 0.241 e. The van der Waals surface area contributed by atoms with Crippen LogP contribution in [0.15, 0.2) is 17.3 Å². The van der Waals surface area contributed by atoms with Gasteiger partial charge in [0.15, 0.2) is 0 Å². The topological polar surface area (TPSA) is 46.9 Å². The number of amides is 1. The Kier molecular flexibility index (Phi) is 2.53. The number of thiol groups is 1. The molecule has 0 aromatic carbocycles. The fourth-order valence-electron chi connectivity index (χ4n) is 0.665. The second-order valence-electron chi connectivity index (χ2n) is 2.07. The van der Waals surface area contributed by atoms with E-state index in [-0.39, 0.29) is 12.5 Å². The molecule has 5 heteroatoms. The molecule has 60 valence electrons. The van der Waals surface area contributed by atoms with Gasteiger partial charge in [-0.1, -0.05) is 0 Å². The van der Waals surface area contributed by atoms with Gasteiger partial charge < -0.3 is 5.32 Å². The predicted molar refractivity (Wildman–Crippen MR) is 43.5 cm³/mol. The summed E-state index contributed by atoms with van der Waals surface area (Å²) in [5, 5.41) is 6.38. The summed E-state index contributed by atoms with van der Waals surface area (Å²) in [6.45, 7) is 0.247. The third-order valence-corrected chi connectivity index (χ3v) is 1.43. The van der Waals surface area contributed by atoms with Crippen molar-refractivity contribution in [3.05, 3.63) is 12.4 Å². The van der Waals surface area contributed by atoms with Crippen LogP contribution in [0.5, 0.6) is 0 Å². The molecular weight excluding hydrogens is 162 g/mol. The van der Waals surface area contributed by atoms with Crippen LogP contribution in [-0.2, 0) is 11.3 Å². The molecule has 0 fully saturated rings. The molecule has 0 radical (unpaired) electrons. The van der Waals surface area contributed by atoms with Crippen LogP contribution in [-0.4, -0.2) is 22.7 Å². The van der Waals surface area contributed by atoms with E-state index in [1.165, 1.54) is 4.68 Å². The van der Waals surface area contributed by atoms with E-state index in [1.807, 2.05) is 0 Å². The maximum atomic E-state index is 10.8. The summed E-state index contributed by atoms with van der Waals surface area (Å²) in [4.78, 5) is 11.6. The van der Waals surface area contributed by atoms with Crippen LogP contribution in [0.2, 0.25) is 0 Å². The van der Waals surface area contributed by atoms with Crippen molar-refractivity contribution < 1.29 is 4.79 Å². The Morgan fingerprint density at radius 2 is 2.64 bits per heavy atom. The van der Waals surface area contributed by atoms with Gasteiger partial charge in [0.2, 0.25) is 5.91 Å². The third-order valence-electron chi connectivity index (χ3n) is 1.20. The minimum atomic E-state index is -0.0681. The zero-order valence-corrected chi connectivity index (χ0v) is 7.01. The fraction of sp³-hybridized carbons (Fsp3) is 0.333. The SMILES string of the molecule is CNC(=O)Cn1cc(S)cn1. The average molecular weight is 171 g/mol. The Labute approximate surface area is 70.0 Å². The van der Waals surface area contributed by atoms with E-state index in [9.17, 15) is 4.79 Å². The molecule has 1 aromatic heterocycles. The van der Waals surface area contributed by atoms with E-state index in [4.69, 9.17) is 0 Å². The highest BCUT2D eigenvalue weighted by atomic mass is 32.1. The van der Waals surface area contributed by atoms with Crippen LogP contribution in [0.1, 0.15) is 0 Å². The minimum Gasteiger partial charge on any atom is -0.358 e. The van der Waals surface area contributed by atoms with Gasteiger partial charge in [0.25, 0.3) is 0 Å². The molecule has 1 rings (SSSR count). The highest BCUT2D eigenvalue weighted by Crippen LogP contribution is 2.01. The van der Waals surface area contributed by atoms with Gasteiger partial charge in [0.05, 0.1) is 6.20 Å². The molecule has 0 saturated carbocycles. The third kappa shape index (κ3) is 2.27. The number of aromatic nitrogens is 2. The largest absolute Gasteiger partial charge is 0.358 e. The van der Waals surface area contributed by atoms with E-state index in [2.05, 4.69) is 23.0 Å². The van der Waals surface area contributed by atoms with Gasteiger partial charge in [-0.15, -0.1) is 12.6 Å². The van der Waals surface area contributed by atoms with Gasteiger partial charge in [-0.2, -0.15) is 5.10 Å². The number of nitrogens with one attached hydrogen (secondary N) is 1. The van der Waals surface area contributed by atoms with Crippen molar-refractivity contribution in [1.29, 1.82) is 0 Å². The number of carbonyl (C=O) groups is 1. The Bertz CT molecular complexity index is 258. The molecule has 0 atom stereocenters. The number of nitrogens with zero attached hydrogens (tertiary/aromatic N) is 2. The molecule has 0 aliphatic rings. The van der Waals surface area contributed by atoms with Gasteiger partial charge in [0.1, 0.15) is 6.54 Å². The van der Waals surface area contributed by atoms with Crippen LogP contribution >= 0.6 is 12.6 Å². The maximum absolute atomic E-state index is 10.8. The van der Waals surface area contributed by atoms with Crippen molar-refractivity contribution >= 4 is 18.5 Å². The Hall–Kier alpha value is -0.970. The average Bonchev–Trinajstić information content (AvgIpc) is 2.35. The summed E-state index contributed by atoms with van der Waals surface area (Å²) >= 11 is 4.04. The van der Waals surface area contributed by atoms with Gasteiger partial charge >= 0.3 is 0 Å². The summed E-state index contributed by atoms with van der Waals surface area (Å²) in [5.74, 6) is -0.0681. The highest BCUT2D eigenvalue weighted by molar-refractivity contribution is 7.80. The summed E-state index contributed by atoms with van der Waals surface area (Å²) in [6, 6.07) is 0. The first kappa shape index (κ1) is 8.13. The molecule has 0 bridgehead atoms. The lowest BCUT2D eigenvalue weighted by molar-refractivity contribution is -0.121. The van der Waals surface area contributed by atoms with E-state index in [0.29, 0.717) is 0 Å². The molecule has 0 aliphatic heterocycles. The molecule has 4 nitrogen and oxygen atoms in total. The number of likely N-dealkylation sites (N-methyl/N-ethyl adjacent to an activating group) is 1. The standard InChI is InChI=1S/C6H9N3OS/c1-7-6(10)4-9-3-5(11)2-8-9/h2-3,11H,4H2,1H3,(H,7,10). The molecule has 1 aromatic rings. The van der Waals surface area contributed by atoms with E-state index < -0.39 is 0 Å². The van der Waals surface area contributed by atoms with Crippen LogP contribution in [0.25, 0.3) is 0 Å². The summed E-state index contributed by atoms with van der Waals surface area (Å²) in [5.41, 5.74) is 0. The number of rotatable bonds is 2. The molecule has 0 unspecified atom stereocenters. The Morgan fingerprint density at radius 3 is 3.09 bits per heavy atom. The normalized spacial score (nSPS) is 9.64. The monoisotopic (exact) mass is 171 g/mol. The molecule has 0 aliphatic carbocycles. The molecule has 1 N–H and O–H groups in total. The van der Waals surface area contributed by atoms with Crippen molar-refractivity contribution in [3.63, 3.8) is 0 Å². The lowest BCUT2D eigenvalue weighted by atomic mass is 10.6. The minimum absolute atomic E-state index is 0.0681. The quantitative estimate of drug-likeness (QED) is 0.611. The highest BCUT2D eigenvalue weighted by Gasteiger charge is 1.99. The van der Waals surface area contributed by atoms with Gasteiger partial charge in [-0.3, -0.25) is 9.48 Å². The number of carbonyl (C=O) groups excluding carboxylic acids is 1. The van der Waals surface area contributed by atoms with Crippen molar-refractivity contribution in [2.24, 2.45) is 0 Å². The maximum Gasteiger partial charge on any atom is 0.241 e. The predicted octanol–water partition coefficient (Wildman–Crippen LogP) is -0.0822. The summed E-state index contributed by atoms with van der Waals surface area (Å²) < 4.78 is 1.53. The zero-order valence-electron chi connectivity index (χ0n) is 6.11. The van der Waals surface area contributed by atoms with Crippen LogP contribution in [0, 0.1) is 0 Å². The fourth-order valence-corrected chi connectivity index (χ4v) is 0.850. The first-order chi connectivity index (χ1) is 5.22. The Morgan fingerprint density at radius 1 is 1.91 bits per heavy atom. The van der Waals surface area contributed by atoms with Gasteiger partial charge in [0, 0.05) is 18.1 Å². The molecule has 0 spiro atoms. The lowest BCUT2D eigenvalue weighted by Crippen LogP contribution is -2.23. The van der Waals surface area contributed by atoms with Gasteiger partial charge in [-0.25, -0.2) is 0 Å².